The van der Waals surface area contributed by atoms with Crippen molar-refractivity contribution in [2.45, 2.75) is 18.9 Å². The maximum atomic E-state index is 12.6. The van der Waals surface area contributed by atoms with Crippen molar-refractivity contribution in [3.8, 4) is 17.3 Å². The number of halogens is 1. The first kappa shape index (κ1) is 19.0. The first-order valence-electron chi connectivity index (χ1n) is 9.50. The molecule has 0 radical (unpaired) electrons. The summed E-state index contributed by atoms with van der Waals surface area (Å²) in [6.07, 6.45) is 1.88. The third kappa shape index (κ3) is 4.41. The number of hydrogen-bond donors (Lipinski definition) is 2. The van der Waals surface area contributed by atoms with Crippen LogP contribution in [0.2, 0.25) is 5.02 Å². The lowest BCUT2D eigenvalue weighted by atomic mass is 10.0. The summed E-state index contributed by atoms with van der Waals surface area (Å²) in [5.74, 6) is 0.707. The molecule has 0 spiro atoms. The van der Waals surface area contributed by atoms with Gasteiger partial charge in [0.15, 0.2) is 5.82 Å². The Morgan fingerprint density at radius 1 is 1.24 bits per heavy atom. The minimum Gasteiger partial charge on any atom is -0.353 e. The second kappa shape index (κ2) is 8.38. The zero-order valence-electron chi connectivity index (χ0n) is 15.7. The van der Waals surface area contributed by atoms with E-state index in [2.05, 4.69) is 26.5 Å². The number of aromatic amines is 1. The Morgan fingerprint density at radius 3 is 2.86 bits per heavy atom. The Hall–Kier alpha value is -3.30. The van der Waals surface area contributed by atoms with Gasteiger partial charge in [-0.2, -0.15) is 10.4 Å². The number of anilines is 1. The molecule has 0 saturated carbocycles. The van der Waals surface area contributed by atoms with E-state index in [0.717, 1.165) is 36.5 Å². The molecule has 0 aliphatic carbocycles. The number of H-pyrrole nitrogens is 1. The molecule has 29 heavy (non-hydrogen) atoms. The second-order valence-corrected chi connectivity index (χ2v) is 7.53. The number of aromatic nitrogens is 2. The molecule has 1 atom stereocenters. The first-order chi connectivity index (χ1) is 14.1. The van der Waals surface area contributed by atoms with Crippen LogP contribution < -0.4 is 10.2 Å². The summed E-state index contributed by atoms with van der Waals surface area (Å²) in [7, 11) is 0. The fourth-order valence-corrected chi connectivity index (χ4v) is 3.68. The third-order valence-corrected chi connectivity index (χ3v) is 5.31. The molecular formula is C22H20ClN5O. The molecule has 1 aliphatic rings. The smallest absolute Gasteiger partial charge is 0.251 e. The van der Waals surface area contributed by atoms with E-state index in [4.69, 9.17) is 16.9 Å². The van der Waals surface area contributed by atoms with Crippen LogP contribution in [0, 0.1) is 11.3 Å². The molecule has 0 unspecified atom stereocenters. The summed E-state index contributed by atoms with van der Waals surface area (Å²) in [5.41, 5.74) is 2.93. The maximum absolute atomic E-state index is 12.6. The van der Waals surface area contributed by atoms with Gasteiger partial charge in [-0.15, -0.1) is 0 Å². The number of nitrogens with zero attached hydrogens (tertiary/aromatic N) is 3. The van der Waals surface area contributed by atoms with E-state index in [0.29, 0.717) is 22.7 Å². The lowest BCUT2D eigenvalue weighted by Crippen LogP contribution is -2.48. The van der Waals surface area contributed by atoms with Crippen molar-refractivity contribution >= 4 is 23.3 Å². The minimum atomic E-state index is -0.155. The minimum absolute atomic E-state index is 0.0256. The van der Waals surface area contributed by atoms with E-state index in [-0.39, 0.29) is 11.9 Å². The Kier molecular flexibility index (Phi) is 5.50. The highest BCUT2D eigenvalue weighted by atomic mass is 35.5. The Morgan fingerprint density at radius 2 is 2.07 bits per heavy atom. The van der Waals surface area contributed by atoms with Crippen LogP contribution in [-0.4, -0.2) is 35.2 Å². The number of nitrogens with one attached hydrogen (secondary N) is 2. The SMILES string of the molecule is N#Cc1cccc(C(=O)N[C@H]2CCCN(c3cc(-c4ccc(Cl)cc4)[nH]n3)C2)c1. The molecular weight excluding hydrogens is 386 g/mol. The van der Waals surface area contributed by atoms with E-state index >= 15 is 0 Å². The second-order valence-electron chi connectivity index (χ2n) is 7.10. The molecule has 146 valence electrons. The predicted octanol–water partition coefficient (Wildman–Crippen LogP) is 4.00. The van der Waals surface area contributed by atoms with E-state index in [1.807, 2.05) is 30.3 Å². The number of piperidine rings is 1. The largest absolute Gasteiger partial charge is 0.353 e. The van der Waals surface area contributed by atoms with E-state index in [1.54, 1.807) is 24.3 Å². The number of rotatable bonds is 4. The number of nitriles is 1. The highest BCUT2D eigenvalue weighted by Crippen LogP contribution is 2.25. The van der Waals surface area contributed by atoms with Crippen molar-refractivity contribution in [1.82, 2.24) is 15.5 Å². The van der Waals surface area contributed by atoms with Gasteiger partial charge in [0.1, 0.15) is 0 Å². The normalized spacial score (nSPS) is 16.3. The zero-order valence-corrected chi connectivity index (χ0v) is 16.5. The number of benzene rings is 2. The highest BCUT2D eigenvalue weighted by molar-refractivity contribution is 6.30. The summed E-state index contributed by atoms with van der Waals surface area (Å²) in [5, 5.41) is 20.3. The summed E-state index contributed by atoms with van der Waals surface area (Å²) in [4.78, 5) is 14.7. The Balaban J connectivity index is 1.42. The molecule has 1 aliphatic heterocycles. The molecule has 4 rings (SSSR count). The fourth-order valence-electron chi connectivity index (χ4n) is 3.55. The Bertz CT molecular complexity index is 1050. The summed E-state index contributed by atoms with van der Waals surface area (Å²) in [6, 6.07) is 18.5. The van der Waals surface area contributed by atoms with Crippen LogP contribution in [0.25, 0.3) is 11.3 Å². The van der Waals surface area contributed by atoms with Gasteiger partial charge in [0, 0.05) is 35.8 Å². The lowest BCUT2D eigenvalue weighted by molar-refractivity contribution is 0.0933. The molecule has 1 saturated heterocycles. The van der Waals surface area contributed by atoms with Gasteiger partial charge < -0.3 is 10.2 Å². The fraction of sp³-hybridized carbons (Fsp3) is 0.227. The summed E-state index contributed by atoms with van der Waals surface area (Å²) < 4.78 is 0. The highest BCUT2D eigenvalue weighted by Gasteiger charge is 2.23. The van der Waals surface area contributed by atoms with E-state index in [9.17, 15) is 4.79 Å². The maximum Gasteiger partial charge on any atom is 0.251 e. The van der Waals surface area contributed by atoms with E-state index < -0.39 is 0 Å². The quantitative estimate of drug-likeness (QED) is 0.687. The van der Waals surface area contributed by atoms with Crippen molar-refractivity contribution in [3.63, 3.8) is 0 Å². The number of carbonyl (C=O) groups excluding carboxylic acids is 1. The molecule has 2 aromatic carbocycles. The van der Waals surface area contributed by atoms with E-state index in [1.165, 1.54) is 0 Å². The van der Waals surface area contributed by atoms with Crippen LogP contribution >= 0.6 is 11.6 Å². The van der Waals surface area contributed by atoms with Gasteiger partial charge in [-0.3, -0.25) is 9.89 Å². The van der Waals surface area contributed by atoms with Gasteiger partial charge in [-0.1, -0.05) is 29.8 Å². The topological polar surface area (TPSA) is 84.8 Å². The third-order valence-electron chi connectivity index (χ3n) is 5.05. The Labute approximate surface area is 174 Å². The van der Waals surface area contributed by atoms with Gasteiger partial charge in [0.25, 0.3) is 5.91 Å². The van der Waals surface area contributed by atoms with Crippen LogP contribution in [0.1, 0.15) is 28.8 Å². The van der Waals surface area contributed by atoms with Crippen molar-refractivity contribution in [2.75, 3.05) is 18.0 Å². The van der Waals surface area contributed by atoms with Gasteiger partial charge in [-0.05, 0) is 48.7 Å². The summed E-state index contributed by atoms with van der Waals surface area (Å²) >= 11 is 5.96. The van der Waals surface area contributed by atoms with Gasteiger partial charge in [-0.25, -0.2) is 0 Å². The molecule has 6 nitrogen and oxygen atoms in total. The zero-order chi connectivity index (χ0) is 20.2. The average molecular weight is 406 g/mol. The van der Waals surface area contributed by atoms with Crippen molar-refractivity contribution in [1.29, 1.82) is 5.26 Å². The molecule has 2 N–H and O–H groups in total. The molecule has 1 amide bonds. The monoisotopic (exact) mass is 405 g/mol. The number of amides is 1. The van der Waals surface area contributed by atoms with Gasteiger partial charge in [0.2, 0.25) is 0 Å². The molecule has 0 bridgehead atoms. The standard InChI is InChI=1S/C22H20ClN5O/c23-18-8-6-16(7-9-18)20-12-21(27-26-20)28-10-2-5-19(14-28)25-22(29)17-4-1-3-15(11-17)13-24/h1,3-4,6-9,11-12,19H,2,5,10,14H2,(H,25,29)(H,26,27)/t19-/m0/s1. The molecule has 7 heteroatoms. The lowest BCUT2D eigenvalue weighted by Gasteiger charge is -2.33. The first-order valence-corrected chi connectivity index (χ1v) is 9.87. The predicted molar refractivity (Wildman–Crippen MR) is 113 cm³/mol. The van der Waals surface area contributed by atoms with Crippen LogP contribution in [0.15, 0.2) is 54.6 Å². The van der Waals surface area contributed by atoms with Gasteiger partial charge >= 0.3 is 0 Å². The van der Waals surface area contributed by atoms with Crippen LogP contribution in [-0.2, 0) is 0 Å². The van der Waals surface area contributed by atoms with Crippen molar-refractivity contribution < 1.29 is 4.79 Å². The molecule has 1 fully saturated rings. The van der Waals surface area contributed by atoms with Gasteiger partial charge in [0.05, 0.1) is 17.3 Å². The number of carbonyl (C=O) groups is 1. The van der Waals surface area contributed by atoms with Crippen LogP contribution in [0.4, 0.5) is 5.82 Å². The molecule has 2 heterocycles. The van der Waals surface area contributed by atoms with Crippen molar-refractivity contribution in [2.24, 2.45) is 0 Å². The molecule has 3 aromatic rings. The average Bonchev–Trinajstić information content (AvgIpc) is 3.25. The molecule has 1 aromatic heterocycles. The van der Waals surface area contributed by atoms with Crippen LogP contribution in [0.5, 0.6) is 0 Å². The van der Waals surface area contributed by atoms with Crippen LogP contribution in [0.3, 0.4) is 0 Å². The summed E-state index contributed by atoms with van der Waals surface area (Å²) in [6.45, 7) is 1.58. The number of hydrogen-bond acceptors (Lipinski definition) is 4. The van der Waals surface area contributed by atoms with Crippen molar-refractivity contribution in [3.05, 3.63) is 70.7 Å².